The lowest BCUT2D eigenvalue weighted by atomic mass is 10.2. The third kappa shape index (κ3) is 4.14. The second-order valence-electron chi connectivity index (χ2n) is 3.50. The van der Waals surface area contributed by atoms with Crippen LogP contribution in [0.2, 0.25) is 0 Å². The third-order valence-electron chi connectivity index (χ3n) is 2.01. The Labute approximate surface area is 104 Å². The van der Waals surface area contributed by atoms with Gasteiger partial charge in [0.2, 0.25) is 5.91 Å². The molecule has 0 bridgehead atoms. The fourth-order valence-corrected chi connectivity index (χ4v) is 1.15. The molecule has 6 nitrogen and oxygen atoms in total. The van der Waals surface area contributed by atoms with E-state index in [1.165, 1.54) is 19.2 Å². The molecule has 0 aromatic carbocycles. The molecule has 0 fully saturated rings. The van der Waals surface area contributed by atoms with Crippen molar-refractivity contribution in [3.8, 4) is 11.8 Å². The molecule has 0 radical (unpaired) electrons. The van der Waals surface area contributed by atoms with Gasteiger partial charge in [-0.25, -0.2) is 9.78 Å². The number of carboxylic acid groups (broad SMARTS) is 1. The third-order valence-corrected chi connectivity index (χ3v) is 2.01. The van der Waals surface area contributed by atoms with Crippen molar-refractivity contribution >= 4 is 17.7 Å². The van der Waals surface area contributed by atoms with Crippen LogP contribution >= 0.6 is 0 Å². The van der Waals surface area contributed by atoms with Crippen molar-refractivity contribution in [3.63, 3.8) is 0 Å². The van der Waals surface area contributed by atoms with E-state index in [1.807, 2.05) is 0 Å². The van der Waals surface area contributed by atoms with Gasteiger partial charge >= 0.3 is 5.97 Å². The highest BCUT2D eigenvalue weighted by molar-refractivity contribution is 5.88. The first-order chi connectivity index (χ1) is 8.50. The number of rotatable bonds is 3. The van der Waals surface area contributed by atoms with E-state index < -0.39 is 5.97 Å². The van der Waals surface area contributed by atoms with Gasteiger partial charge in [-0.15, -0.1) is 0 Å². The van der Waals surface area contributed by atoms with Crippen molar-refractivity contribution in [1.29, 1.82) is 0 Å². The number of amides is 1. The molecule has 0 spiro atoms. The molecule has 0 aliphatic carbocycles. The number of carbonyl (C=O) groups excluding carboxylic acids is 1. The lowest BCUT2D eigenvalue weighted by Crippen LogP contribution is -2.20. The Kier molecular flexibility index (Phi) is 4.69. The smallest absolute Gasteiger partial charge is 0.337 e. The van der Waals surface area contributed by atoms with Crippen LogP contribution in [0.4, 0.5) is 5.82 Å². The molecule has 0 aliphatic rings. The van der Waals surface area contributed by atoms with Crippen LogP contribution in [0.25, 0.3) is 0 Å². The molecule has 0 atom stereocenters. The number of aromatic carboxylic acids is 1. The number of nitrogens with two attached hydrogens (primary N) is 1. The number of pyridine rings is 1. The minimum atomic E-state index is -1.08. The Bertz CT molecular complexity index is 529. The van der Waals surface area contributed by atoms with Gasteiger partial charge < -0.3 is 16.2 Å². The van der Waals surface area contributed by atoms with Crippen molar-refractivity contribution in [2.24, 2.45) is 0 Å². The van der Waals surface area contributed by atoms with Gasteiger partial charge in [-0.1, -0.05) is 11.8 Å². The molecule has 18 heavy (non-hydrogen) atoms. The molecule has 0 unspecified atom stereocenters. The van der Waals surface area contributed by atoms with E-state index in [4.69, 9.17) is 10.8 Å². The topological polar surface area (TPSA) is 105 Å². The summed E-state index contributed by atoms with van der Waals surface area (Å²) in [5.41, 5.74) is 5.99. The Morgan fingerprint density at radius 1 is 1.56 bits per heavy atom. The van der Waals surface area contributed by atoms with Crippen molar-refractivity contribution < 1.29 is 14.7 Å². The van der Waals surface area contributed by atoms with E-state index in [9.17, 15) is 9.59 Å². The van der Waals surface area contributed by atoms with Crippen molar-refractivity contribution in [2.75, 3.05) is 12.3 Å². The average molecular weight is 247 g/mol. The summed E-state index contributed by atoms with van der Waals surface area (Å²) >= 11 is 0. The standard InChI is InChI=1S/C12H13N3O3/c1-8(16)14-5-3-2-4-9-6-10(12(17)18)7-15-11(9)13/h6-7H,3,5H2,1H3,(H2,13,15)(H,14,16)(H,17,18). The second-order valence-corrected chi connectivity index (χ2v) is 3.50. The summed E-state index contributed by atoms with van der Waals surface area (Å²) in [5, 5.41) is 11.4. The van der Waals surface area contributed by atoms with Gasteiger partial charge in [0.1, 0.15) is 5.82 Å². The molecule has 1 amide bonds. The Morgan fingerprint density at radius 3 is 2.89 bits per heavy atom. The lowest BCUT2D eigenvalue weighted by Gasteiger charge is -1.99. The summed E-state index contributed by atoms with van der Waals surface area (Å²) in [7, 11) is 0. The summed E-state index contributed by atoms with van der Waals surface area (Å²) in [6, 6.07) is 1.37. The number of nitrogen functional groups attached to an aromatic ring is 1. The number of hydrogen-bond donors (Lipinski definition) is 3. The molecule has 0 aliphatic heterocycles. The molecular weight excluding hydrogens is 234 g/mol. The van der Waals surface area contributed by atoms with E-state index in [-0.39, 0.29) is 17.3 Å². The van der Waals surface area contributed by atoms with Gasteiger partial charge in [0.15, 0.2) is 0 Å². The number of carboxylic acids is 1. The molecule has 1 aromatic heterocycles. The summed E-state index contributed by atoms with van der Waals surface area (Å²) in [4.78, 5) is 25.1. The lowest BCUT2D eigenvalue weighted by molar-refractivity contribution is -0.118. The van der Waals surface area contributed by atoms with E-state index in [0.29, 0.717) is 18.5 Å². The van der Waals surface area contributed by atoms with E-state index >= 15 is 0 Å². The molecular formula is C12H13N3O3. The molecule has 0 saturated heterocycles. The first kappa shape index (κ1) is 13.5. The predicted molar refractivity (Wildman–Crippen MR) is 65.8 cm³/mol. The van der Waals surface area contributed by atoms with Crippen LogP contribution in [-0.2, 0) is 4.79 Å². The molecule has 1 aromatic rings. The highest BCUT2D eigenvalue weighted by Gasteiger charge is 2.05. The maximum Gasteiger partial charge on any atom is 0.337 e. The van der Waals surface area contributed by atoms with Crippen LogP contribution in [0.1, 0.15) is 29.3 Å². The molecule has 94 valence electrons. The average Bonchev–Trinajstić information content (AvgIpc) is 2.30. The van der Waals surface area contributed by atoms with Gasteiger partial charge in [-0.2, -0.15) is 0 Å². The zero-order valence-corrected chi connectivity index (χ0v) is 9.86. The molecule has 1 rings (SSSR count). The van der Waals surface area contributed by atoms with Crippen LogP contribution in [0.15, 0.2) is 12.3 Å². The first-order valence-electron chi connectivity index (χ1n) is 5.23. The molecule has 0 saturated carbocycles. The molecule has 1 heterocycles. The van der Waals surface area contributed by atoms with E-state index in [1.54, 1.807) is 0 Å². The number of carbonyl (C=O) groups is 2. The van der Waals surface area contributed by atoms with Crippen molar-refractivity contribution in [3.05, 3.63) is 23.4 Å². The van der Waals surface area contributed by atoms with Gasteiger partial charge in [-0.05, 0) is 6.07 Å². The van der Waals surface area contributed by atoms with Crippen LogP contribution in [0.3, 0.4) is 0 Å². The molecule has 4 N–H and O–H groups in total. The summed E-state index contributed by atoms with van der Waals surface area (Å²) in [5.74, 6) is 4.50. The van der Waals surface area contributed by atoms with Gasteiger partial charge in [0.25, 0.3) is 0 Å². The number of nitrogens with one attached hydrogen (secondary N) is 1. The normalized spacial score (nSPS) is 9.17. The second kappa shape index (κ2) is 6.25. The number of anilines is 1. The highest BCUT2D eigenvalue weighted by atomic mass is 16.4. The van der Waals surface area contributed by atoms with E-state index in [2.05, 4.69) is 22.1 Å². The van der Waals surface area contributed by atoms with Gasteiger partial charge in [-0.3, -0.25) is 4.79 Å². The zero-order valence-electron chi connectivity index (χ0n) is 9.86. The quantitative estimate of drug-likeness (QED) is 0.524. The number of hydrogen-bond acceptors (Lipinski definition) is 4. The van der Waals surface area contributed by atoms with Crippen LogP contribution < -0.4 is 11.1 Å². The van der Waals surface area contributed by atoms with Crippen LogP contribution in [-0.4, -0.2) is 28.5 Å². The summed E-state index contributed by atoms with van der Waals surface area (Å²) < 4.78 is 0. The Balaban J connectivity index is 2.71. The fourth-order valence-electron chi connectivity index (χ4n) is 1.15. The monoisotopic (exact) mass is 247 g/mol. The SMILES string of the molecule is CC(=O)NCCC#Cc1cc(C(=O)O)cnc1N. The van der Waals surface area contributed by atoms with E-state index in [0.717, 1.165) is 0 Å². The zero-order chi connectivity index (χ0) is 13.5. The maximum atomic E-state index is 10.7. The number of aromatic nitrogens is 1. The van der Waals surface area contributed by atoms with Crippen molar-refractivity contribution in [2.45, 2.75) is 13.3 Å². The summed E-state index contributed by atoms with van der Waals surface area (Å²) in [6.07, 6.45) is 1.64. The minimum absolute atomic E-state index is 0.0374. The first-order valence-corrected chi connectivity index (χ1v) is 5.23. The van der Waals surface area contributed by atoms with Gasteiger partial charge in [0.05, 0.1) is 11.1 Å². The largest absolute Gasteiger partial charge is 0.478 e. The highest BCUT2D eigenvalue weighted by Crippen LogP contribution is 2.09. The number of nitrogens with zero attached hydrogens (tertiary/aromatic N) is 1. The Morgan fingerprint density at radius 2 is 2.28 bits per heavy atom. The molecule has 6 heteroatoms. The minimum Gasteiger partial charge on any atom is -0.478 e. The maximum absolute atomic E-state index is 10.7. The van der Waals surface area contributed by atoms with Crippen LogP contribution in [0, 0.1) is 11.8 Å². The van der Waals surface area contributed by atoms with Gasteiger partial charge in [0, 0.05) is 26.1 Å². The fraction of sp³-hybridized carbons (Fsp3) is 0.250. The Hall–Kier alpha value is -2.55. The van der Waals surface area contributed by atoms with Crippen molar-refractivity contribution in [1.82, 2.24) is 10.3 Å². The van der Waals surface area contributed by atoms with Crippen LogP contribution in [0.5, 0.6) is 0 Å². The summed E-state index contributed by atoms with van der Waals surface area (Å²) in [6.45, 7) is 1.86. The predicted octanol–water partition coefficient (Wildman–Crippen LogP) is 0.240.